The van der Waals surface area contributed by atoms with Crippen molar-refractivity contribution in [2.24, 2.45) is 0 Å². The fraction of sp³-hybridized carbons (Fsp3) is 0. The van der Waals surface area contributed by atoms with Crippen LogP contribution in [-0.4, -0.2) is 13.7 Å². The number of aromatic nitrogens is 3. The zero-order valence-electron chi connectivity index (χ0n) is 34.4. The van der Waals surface area contributed by atoms with Crippen molar-refractivity contribution in [1.29, 1.82) is 0 Å². The van der Waals surface area contributed by atoms with Gasteiger partial charge in [0.1, 0.15) is 0 Å². The molecular weight excluding hydrogens is 763 g/mol. The van der Waals surface area contributed by atoms with Crippen molar-refractivity contribution >= 4 is 65.4 Å². The summed E-state index contributed by atoms with van der Waals surface area (Å²) in [6.07, 6.45) is 0. The van der Waals surface area contributed by atoms with Crippen LogP contribution in [0.4, 0.5) is 0 Å². The summed E-state index contributed by atoms with van der Waals surface area (Å²) >= 11 is 0. The fourth-order valence-electron chi connectivity index (χ4n) is 10.1. The number of hydrogen-bond acceptors (Lipinski definition) is 0. The van der Waals surface area contributed by atoms with E-state index in [1.54, 1.807) is 0 Å². The van der Waals surface area contributed by atoms with Gasteiger partial charge in [0, 0.05) is 49.4 Å². The monoisotopic (exact) mass is 801 g/mol. The van der Waals surface area contributed by atoms with Gasteiger partial charge in [-0.15, -0.1) is 0 Å². The molecule has 63 heavy (non-hydrogen) atoms. The molecule has 0 spiro atoms. The first-order valence-corrected chi connectivity index (χ1v) is 21.7. The molecule has 0 unspecified atom stereocenters. The van der Waals surface area contributed by atoms with E-state index in [-0.39, 0.29) is 0 Å². The summed E-state index contributed by atoms with van der Waals surface area (Å²) in [5, 5.41) is 7.50. The number of rotatable bonds is 6. The lowest BCUT2D eigenvalue weighted by Gasteiger charge is -2.13. The Kier molecular flexibility index (Phi) is 7.91. The molecule has 0 aliphatic rings. The highest BCUT2D eigenvalue weighted by atomic mass is 15.0. The number of benzene rings is 10. The smallest absolute Gasteiger partial charge is 0.0541 e. The molecule has 0 fully saturated rings. The van der Waals surface area contributed by atoms with Crippen molar-refractivity contribution in [3.05, 3.63) is 237 Å². The summed E-state index contributed by atoms with van der Waals surface area (Å²) in [6.45, 7) is 0. The van der Waals surface area contributed by atoms with Gasteiger partial charge in [-0.2, -0.15) is 0 Å². The Bertz CT molecular complexity index is 3730. The normalized spacial score (nSPS) is 11.8. The van der Waals surface area contributed by atoms with Crippen LogP contribution in [0.25, 0.3) is 116 Å². The molecule has 0 amide bonds. The molecule has 0 N–H and O–H groups in total. The highest BCUT2D eigenvalue weighted by Gasteiger charge is 2.18. The highest BCUT2D eigenvalue weighted by Crippen LogP contribution is 2.40. The maximum absolute atomic E-state index is 2.42. The van der Waals surface area contributed by atoms with E-state index in [2.05, 4.69) is 250 Å². The van der Waals surface area contributed by atoms with Crippen LogP contribution in [0, 0.1) is 0 Å². The van der Waals surface area contributed by atoms with E-state index >= 15 is 0 Å². The summed E-state index contributed by atoms with van der Waals surface area (Å²) < 4.78 is 7.24. The lowest BCUT2D eigenvalue weighted by molar-refractivity contribution is 1.13. The Morgan fingerprint density at radius 2 is 0.492 bits per heavy atom. The molecule has 0 saturated carbocycles. The zero-order chi connectivity index (χ0) is 41.4. The van der Waals surface area contributed by atoms with E-state index in [0.717, 1.165) is 17.1 Å². The van der Waals surface area contributed by atoms with Crippen LogP contribution in [0.5, 0.6) is 0 Å². The number of nitrogens with zero attached hydrogens (tertiary/aromatic N) is 3. The molecule has 3 heterocycles. The Morgan fingerprint density at radius 1 is 0.175 bits per heavy atom. The molecule has 3 heteroatoms. The van der Waals surface area contributed by atoms with Crippen LogP contribution in [-0.2, 0) is 0 Å². The average molecular weight is 802 g/mol. The van der Waals surface area contributed by atoms with E-state index in [4.69, 9.17) is 0 Å². The van der Waals surface area contributed by atoms with E-state index in [1.807, 2.05) is 0 Å². The topological polar surface area (TPSA) is 14.8 Å². The zero-order valence-corrected chi connectivity index (χ0v) is 34.4. The molecular formula is C60H39N3. The number of hydrogen-bond donors (Lipinski definition) is 0. The molecule has 0 atom stereocenters. The molecule has 13 aromatic rings. The van der Waals surface area contributed by atoms with Crippen molar-refractivity contribution in [1.82, 2.24) is 13.7 Å². The van der Waals surface area contributed by atoms with Crippen LogP contribution in [0.15, 0.2) is 237 Å². The molecule has 3 nitrogen and oxygen atoms in total. The predicted molar refractivity (Wildman–Crippen MR) is 266 cm³/mol. The molecule has 0 saturated heterocycles. The standard InChI is InChI=1S/C60H39N3/c1-3-14-40(15-4-1)43-28-34-59-53(37-43)54-38-44(41-16-5-2-6-17-41)29-35-60(54)61(59)46-31-26-42(27-32-46)45-30-33-58-52(36-45)51-22-9-12-25-57(51)63(58)48-19-13-18-47(39-48)62-55-23-10-7-20-49(55)50-21-8-11-24-56(50)62/h1-39H. The minimum atomic E-state index is 1.13. The van der Waals surface area contributed by atoms with Crippen molar-refractivity contribution in [2.75, 3.05) is 0 Å². The van der Waals surface area contributed by atoms with E-state index in [0.29, 0.717) is 0 Å². The Labute approximate surface area is 364 Å². The fourth-order valence-corrected chi connectivity index (χ4v) is 10.1. The number of para-hydroxylation sites is 3. The number of fused-ring (bicyclic) bond motifs is 9. The van der Waals surface area contributed by atoms with Crippen molar-refractivity contribution in [3.63, 3.8) is 0 Å². The van der Waals surface area contributed by atoms with Gasteiger partial charge in [-0.25, -0.2) is 0 Å². The maximum Gasteiger partial charge on any atom is 0.0541 e. The van der Waals surface area contributed by atoms with Gasteiger partial charge in [-0.1, -0.05) is 152 Å². The first kappa shape index (κ1) is 35.4. The Hall–Kier alpha value is -8.40. The van der Waals surface area contributed by atoms with Gasteiger partial charge in [0.05, 0.1) is 33.1 Å². The van der Waals surface area contributed by atoms with Crippen LogP contribution in [0.3, 0.4) is 0 Å². The van der Waals surface area contributed by atoms with Crippen molar-refractivity contribution in [2.45, 2.75) is 0 Å². The summed E-state index contributed by atoms with van der Waals surface area (Å²) in [7, 11) is 0. The molecule has 294 valence electrons. The summed E-state index contributed by atoms with van der Waals surface area (Å²) in [5.74, 6) is 0. The largest absolute Gasteiger partial charge is 0.309 e. The van der Waals surface area contributed by atoms with Gasteiger partial charge in [0.15, 0.2) is 0 Å². The van der Waals surface area contributed by atoms with Crippen LogP contribution in [0.1, 0.15) is 0 Å². The van der Waals surface area contributed by atoms with Crippen LogP contribution >= 0.6 is 0 Å². The molecule has 10 aromatic carbocycles. The Balaban J connectivity index is 0.914. The molecule has 0 radical (unpaired) electrons. The quantitative estimate of drug-likeness (QED) is 0.159. The minimum Gasteiger partial charge on any atom is -0.309 e. The third-order valence-electron chi connectivity index (χ3n) is 13.0. The highest BCUT2D eigenvalue weighted by molar-refractivity contribution is 6.13. The summed E-state index contributed by atoms with van der Waals surface area (Å²) in [6, 6.07) is 86.4. The van der Waals surface area contributed by atoms with Crippen molar-refractivity contribution < 1.29 is 0 Å². The molecule has 3 aromatic heterocycles. The van der Waals surface area contributed by atoms with Gasteiger partial charge in [-0.05, 0) is 118 Å². The third kappa shape index (κ3) is 5.60. The van der Waals surface area contributed by atoms with Crippen LogP contribution in [0.2, 0.25) is 0 Å². The molecule has 13 rings (SSSR count). The van der Waals surface area contributed by atoms with E-state index in [1.165, 1.54) is 98.8 Å². The lowest BCUT2D eigenvalue weighted by atomic mass is 10.0. The minimum absolute atomic E-state index is 1.13. The predicted octanol–water partition coefficient (Wildman–Crippen LogP) is 16.0. The van der Waals surface area contributed by atoms with E-state index in [9.17, 15) is 0 Å². The third-order valence-corrected chi connectivity index (χ3v) is 13.0. The lowest BCUT2D eigenvalue weighted by Crippen LogP contribution is -1.98. The summed E-state index contributed by atoms with van der Waals surface area (Å²) in [4.78, 5) is 0. The van der Waals surface area contributed by atoms with Gasteiger partial charge < -0.3 is 13.7 Å². The molecule has 0 aliphatic carbocycles. The van der Waals surface area contributed by atoms with Crippen molar-refractivity contribution in [3.8, 4) is 50.4 Å². The first-order valence-electron chi connectivity index (χ1n) is 21.7. The van der Waals surface area contributed by atoms with Gasteiger partial charge in [-0.3, -0.25) is 0 Å². The SMILES string of the molecule is c1ccc(-c2ccc3c(c2)c2cc(-c4ccccc4)ccc2n3-c2ccc(-c3ccc4c(c3)c3ccccc3n4-c3cccc(-n4c5ccccc5c5ccccc54)c3)cc2)cc1. The maximum atomic E-state index is 2.42. The summed E-state index contributed by atoms with van der Waals surface area (Å²) in [5.41, 5.74) is 17.9. The van der Waals surface area contributed by atoms with E-state index < -0.39 is 0 Å². The second kappa shape index (κ2) is 14.1. The second-order valence-corrected chi connectivity index (χ2v) is 16.6. The first-order chi connectivity index (χ1) is 31.2. The van der Waals surface area contributed by atoms with Gasteiger partial charge in [0.2, 0.25) is 0 Å². The van der Waals surface area contributed by atoms with Gasteiger partial charge >= 0.3 is 0 Å². The molecule has 0 aliphatic heterocycles. The second-order valence-electron chi connectivity index (χ2n) is 16.6. The van der Waals surface area contributed by atoms with Gasteiger partial charge in [0.25, 0.3) is 0 Å². The average Bonchev–Trinajstić information content (AvgIpc) is 4.00. The molecule has 0 bridgehead atoms. The Morgan fingerprint density at radius 3 is 0.937 bits per heavy atom. The van der Waals surface area contributed by atoms with Crippen LogP contribution < -0.4 is 0 Å².